The minimum absolute atomic E-state index is 0.0322. The van der Waals surface area contributed by atoms with Crippen molar-refractivity contribution in [2.24, 2.45) is 0 Å². The summed E-state index contributed by atoms with van der Waals surface area (Å²) < 4.78 is 73.4. The first-order valence-electron chi connectivity index (χ1n) is 13.3. The van der Waals surface area contributed by atoms with Gasteiger partial charge >= 0.3 is 6.18 Å². The van der Waals surface area contributed by atoms with Crippen LogP contribution in [0.1, 0.15) is 42.3 Å². The number of benzene rings is 3. The van der Waals surface area contributed by atoms with Crippen LogP contribution in [0.5, 0.6) is 5.75 Å². The molecule has 5 aromatic rings. The number of aromatic amines is 1. The predicted octanol–water partition coefficient (Wildman–Crippen LogP) is 4.97. The van der Waals surface area contributed by atoms with Gasteiger partial charge in [-0.1, -0.05) is 43.7 Å². The Hall–Kier alpha value is -4.59. The molecule has 43 heavy (non-hydrogen) atoms. The summed E-state index contributed by atoms with van der Waals surface area (Å²) in [6.07, 6.45) is -1.35. The van der Waals surface area contributed by atoms with Gasteiger partial charge in [-0.05, 0) is 47.5 Å². The summed E-state index contributed by atoms with van der Waals surface area (Å²) in [6, 6.07) is 15.0. The Kier molecular flexibility index (Phi) is 8.31. The van der Waals surface area contributed by atoms with Crippen LogP contribution >= 0.6 is 0 Å². The van der Waals surface area contributed by atoms with Crippen LogP contribution in [-0.4, -0.2) is 44.8 Å². The van der Waals surface area contributed by atoms with Crippen LogP contribution in [0.15, 0.2) is 70.4 Å². The highest BCUT2D eigenvalue weighted by molar-refractivity contribution is 7.90. The maximum atomic E-state index is 14.0. The van der Waals surface area contributed by atoms with Crippen molar-refractivity contribution in [1.29, 1.82) is 0 Å². The summed E-state index contributed by atoms with van der Waals surface area (Å²) in [5.41, 5.74) is -0.429. The number of alkyl halides is 3. The maximum Gasteiger partial charge on any atom is 0.417 e. The lowest BCUT2D eigenvalue weighted by Gasteiger charge is -2.17. The zero-order chi connectivity index (χ0) is 30.8. The minimum Gasteiger partial charge on any atom is -0.489 e. The van der Waals surface area contributed by atoms with Crippen LogP contribution in [-0.2, 0) is 35.6 Å². The lowest BCUT2D eigenvalue weighted by atomic mass is 10.0. The van der Waals surface area contributed by atoms with E-state index >= 15 is 0 Å². The van der Waals surface area contributed by atoms with E-state index in [0.29, 0.717) is 23.5 Å². The largest absolute Gasteiger partial charge is 0.489 e. The van der Waals surface area contributed by atoms with E-state index in [4.69, 9.17) is 4.74 Å². The summed E-state index contributed by atoms with van der Waals surface area (Å²) in [6.45, 7) is 1.83. The fraction of sp³-hybridized carbons (Fsp3) is 0.276. The third-order valence-corrected chi connectivity index (χ3v) is 7.98. The molecule has 10 nitrogen and oxygen atoms in total. The van der Waals surface area contributed by atoms with Crippen LogP contribution in [0.3, 0.4) is 0 Å². The highest BCUT2D eigenvalue weighted by Crippen LogP contribution is 2.38. The second kappa shape index (κ2) is 12.0. The molecule has 1 N–H and O–H groups in total. The highest BCUT2D eigenvalue weighted by atomic mass is 32.2. The molecule has 0 amide bonds. The van der Waals surface area contributed by atoms with Crippen molar-refractivity contribution in [3.05, 3.63) is 93.5 Å². The van der Waals surface area contributed by atoms with Gasteiger partial charge in [0.05, 0.1) is 27.9 Å². The van der Waals surface area contributed by atoms with E-state index in [-0.39, 0.29) is 45.9 Å². The second-order valence-corrected chi connectivity index (χ2v) is 12.0. The number of H-pyrrole nitrogens is 1. The molecule has 0 saturated carbocycles. The number of nitrogens with one attached hydrogen (secondary N) is 1. The van der Waals surface area contributed by atoms with Gasteiger partial charge < -0.3 is 4.74 Å². The molecule has 2 aromatic heterocycles. The Morgan fingerprint density at radius 1 is 1.05 bits per heavy atom. The summed E-state index contributed by atoms with van der Waals surface area (Å²) >= 11 is 0. The van der Waals surface area contributed by atoms with Gasteiger partial charge in [-0.25, -0.2) is 13.4 Å². The molecule has 0 fully saturated rings. The quantitative estimate of drug-likeness (QED) is 0.234. The summed E-state index contributed by atoms with van der Waals surface area (Å²) in [5.74, 6) is 0.727. The van der Waals surface area contributed by atoms with Gasteiger partial charge in [-0.3, -0.25) is 9.36 Å². The molecule has 224 valence electrons. The first kappa shape index (κ1) is 29.9. The Morgan fingerprint density at radius 2 is 1.81 bits per heavy atom. The van der Waals surface area contributed by atoms with Gasteiger partial charge in [-0.15, -0.1) is 10.2 Å². The molecule has 0 aliphatic rings. The van der Waals surface area contributed by atoms with Gasteiger partial charge in [0.1, 0.15) is 18.2 Å². The number of hydrogen-bond acceptors (Lipinski definition) is 8. The number of halogens is 3. The number of aryl methyl sites for hydroxylation is 1. The molecule has 0 bridgehead atoms. The van der Waals surface area contributed by atoms with Crippen molar-refractivity contribution in [2.75, 3.05) is 6.26 Å². The van der Waals surface area contributed by atoms with Crippen molar-refractivity contribution in [3.63, 3.8) is 0 Å². The second-order valence-electron chi connectivity index (χ2n) is 9.98. The normalized spacial score (nSPS) is 12.1. The number of nitrogens with zero attached hydrogens (tertiary/aromatic N) is 5. The van der Waals surface area contributed by atoms with E-state index < -0.39 is 21.6 Å². The molecular formula is C29H27F3N6O4S. The van der Waals surface area contributed by atoms with E-state index in [0.717, 1.165) is 24.7 Å². The van der Waals surface area contributed by atoms with Crippen LogP contribution in [0.2, 0.25) is 0 Å². The Labute approximate surface area is 244 Å². The SMILES string of the molecule is CCCCc1nc2ccc(S(C)(=O)=O)cc2c(=O)n1Cc1ccc(OCc2cccc(-c3nn[nH]n3)c2C(F)(F)F)cc1. The topological polar surface area (TPSA) is 133 Å². The van der Waals surface area contributed by atoms with E-state index in [2.05, 4.69) is 25.6 Å². The molecule has 14 heteroatoms. The zero-order valence-corrected chi connectivity index (χ0v) is 24.0. The average Bonchev–Trinajstić information content (AvgIpc) is 3.51. The molecule has 3 aromatic carbocycles. The minimum atomic E-state index is -4.68. The van der Waals surface area contributed by atoms with Crippen LogP contribution in [0.25, 0.3) is 22.3 Å². The number of tetrazole rings is 1. The first-order chi connectivity index (χ1) is 20.5. The number of sulfone groups is 1. The Morgan fingerprint density at radius 3 is 2.47 bits per heavy atom. The number of aromatic nitrogens is 6. The van der Waals surface area contributed by atoms with E-state index in [1.807, 2.05) is 6.92 Å². The van der Waals surface area contributed by atoms with Gasteiger partial charge in [0.2, 0.25) is 5.82 Å². The Bertz CT molecular complexity index is 1920. The number of unbranched alkanes of at least 4 members (excludes halogenated alkanes) is 1. The number of rotatable bonds is 10. The van der Waals surface area contributed by atoms with Crippen LogP contribution in [0.4, 0.5) is 13.2 Å². The summed E-state index contributed by atoms with van der Waals surface area (Å²) in [5, 5.41) is 13.1. The van der Waals surface area contributed by atoms with E-state index in [1.165, 1.54) is 34.9 Å². The molecule has 0 aliphatic carbocycles. The number of ether oxygens (including phenoxy) is 1. The fourth-order valence-electron chi connectivity index (χ4n) is 4.72. The van der Waals surface area contributed by atoms with Gasteiger partial charge in [0, 0.05) is 23.8 Å². The van der Waals surface area contributed by atoms with Crippen LogP contribution < -0.4 is 10.3 Å². The third-order valence-electron chi connectivity index (χ3n) is 6.87. The molecule has 0 spiro atoms. The number of fused-ring (bicyclic) bond motifs is 1. The van der Waals surface area contributed by atoms with Gasteiger partial charge in [0.15, 0.2) is 9.84 Å². The molecule has 2 heterocycles. The average molecular weight is 613 g/mol. The van der Waals surface area contributed by atoms with Crippen molar-refractivity contribution >= 4 is 20.7 Å². The smallest absolute Gasteiger partial charge is 0.417 e. The van der Waals surface area contributed by atoms with Crippen molar-refractivity contribution < 1.29 is 26.3 Å². The maximum absolute atomic E-state index is 14.0. The Balaban J connectivity index is 1.41. The monoisotopic (exact) mass is 612 g/mol. The standard InChI is InChI=1S/C29H27F3N6O4S/c1-3-4-8-25-33-24-14-13-21(43(2,40)41)15-23(24)28(39)38(25)16-18-9-11-20(12-10-18)42-17-19-6-5-7-22(26(19)29(30,31)32)27-34-36-37-35-27/h5-7,9-15H,3-4,8,16-17H2,1-2H3,(H,34,35,36,37). The van der Waals surface area contributed by atoms with E-state index in [1.54, 1.807) is 30.3 Å². The zero-order valence-electron chi connectivity index (χ0n) is 23.2. The number of hydrogen-bond donors (Lipinski definition) is 1. The van der Waals surface area contributed by atoms with Crippen LogP contribution in [0, 0.1) is 0 Å². The molecule has 0 atom stereocenters. The lowest BCUT2D eigenvalue weighted by Crippen LogP contribution is -2.26. The lowest BCUT2D eigenvalue weighted by molar-refractivity contribution is -0.138. The molecule has 5 rings (SSSR count). The molecule has 0 radical (unpaired) electrons. The van der Waals surface area contributed by atoms with Gasteiger partial charge in [-0.2, -0.15) is 18.4 Å². The summed E-state index contributed by atoms with van der Waals surface area (Å²) in [7, 11) is -3.52. The van der Waals surface area contributed by atoms with E-state index in [9.17, 15) is 26.4 Å². The molecule has 0 unspecified atom stereocenters. The van der Waals surface area contributed by atoms with Crippen molar-refractivity contribution in [2.45, 2.75) is 50.4 Å². The van der Waals surface area contributed by atoms with Gasteiger partial charge in [0.25, 0.3) is 5.56 Å². The highest BCUT2D eigenvalue weighted by Gasteiger charge is 2.37. The predicted molar refractivity (Wildman–Crippen MR) is 152 cm³/mol. The van der Waals surface area contributed by atoms with Crippen molar-refractivity contribution in [3.8, 4) is 17.1 Å². The first-order valence-corrected chi connectivity index (χ1v) is 15.2. The molecule has 0 aliphatic heterocycles. The van der Waals surface area contributed by atoms with Crippen molar-refractivity contribution in [1.82, 2.24) is 30.2 Å². The molecule has 0 saturated heterocycles. The third kappa shape index (κ3) is 6.58. The molecular weight excluding hydrogens is 585 g/mol. The fourth-order valence-corrected chi connectivity index (χ4v) is 5.36. The summed E-state index contributed by atoms with van der Waals surface area (Å²) in [4.78, 5) is 18.2.